The number of hydrogen-bond acceptors (Lipinski definition) is 4. The first-order valence-electron chi connectivity index (χ1n) is 8.22. The van der Waals surface area contributed by atoms with Crippen molar-refractivity contribution >= 4 is 0 Å². The minimum atomic E-state index is -0.382. The number of benzene rings is 2. The maximum absolute atomic E-state index is 10.0. The first kappa shape index (κ1) is 15.1. The zero-order valence-corrected chi connectivity index (χ0v) is 13.4. The second-order valence-electron chi connectivity index (χ2n) is 6.21. The number of aromatic nitrogens is 3. The van der Waals surface area contributed by atoms with Crippen molar-refractivity contribution in [3.05, 3.63) is 77.6 Å². The van der Waals surface area contributed by atoms with Gasteiger partial charge in [-0.1, -0.05) is 42.5 Å². The fourth-order valence-electron chi connectivity index (χ4n) is 3.41. The van der Waals surface area contributed by atoms with Crippen LogP contribution in [0.4, 0.5) is 0 Å². The fraction of sp³-hybridized carbons (Fsp3) is 0.263. The van der Waals surface area contributed by atoms with Gasteiger partial charge >= 0.3 is 0 Å². The molecular weight excluding hydrogens is 300 g/mol. The van der Waals surface area contributed by atoms with E-state index in [9.17, 15) is 5.11 Å². The first-order chi connectivity index (χ1) is 11.8. The largest absolute Gasteiger partial charge is 0.394 e. The molecule has 0 saturated carbocycles. The van der Waals surface area contributed by atoms with Crippen LogP contribution in [-0.4, -0.2) is 26.7 Å². The highest BCUT2D eigenvalue weighted by atomic mass is 16.3. The molecule has 1 atom stereocenters. The molecule has 1 aliphatic carbocycles. The van der Waals surface area contributed by atoms with Crippen LogP contribution in [0.5, 0.6) is 0 Å². The highest BCUT2D eigenvalue weighted by Gasteiger charge is 2.37. The van der Waals surface area contributed by atoms with Crippen LogP contribution in [0, 0.1) is 0 Å². The van der Waals surface area contributed by atoms with Crippen molar-refractivity contribution in [3.63, 3.8) is 0 Å². The molecule has 5 nitrogen and oxygen atoms in total. The molecule has 1 heterocycles. The zero-order chi connectivity index (χ0) is 16.4. The summed E-state index contributed by atoms with van der Waals surface area (Å²) in [6, 6.07) is 18.2. The van der Waals surface area contributed by atoms with Crippen LogP contribution in [0.2, 0.25) is 0 Å². The van der Waals surface area contributed by atoms with Gasteiger partial charge in [-0.05, 0) is 36.1 Å². The Kier molecular flexibility index (Phi) is 3.88. The van der Waals surface area contributed by atoms with E-state index < -0.39 is 0 Å². The fourth-order valence-corrected chi connectivity index (χ4v) is 3.41. The van der Waals surface area contributed by atoms with Crippen molar-refractivity contribution in [3.8, 4) is 5.69 Å². The lowest BCUT2D eigenvalue weighted by Gasteiger charge is -2.29. The molecule has 2 N–H and O–H groups in total. The Hall–Kier alpha value is -2.50. The maximum atomic E-state index is 10.0. The normalized spacial score (nSPS) is 19.4. The Morgan fingerprint density at radius 2 is 1.88 bits per heavy atom. The van der Waals surface area contributed by atoms with E-state index in [-0.39, 0.29) is 12.1 Å². The van der Waals surface area contributed by atoms with E-state index in [1.165, 1.54) is 11.1 Å². The number of fused-ring (bicyclic) bond motifs is 1. The van der Waals surface area contributed by atoms with Gasteiger partial charge in [-0.25, -0.2) is 0 Å². The lowest BCUT2D eigenvalue weighted by molar-refractivity contribution is 0.158. The van der Waals surface area contributed by atoms with Crippen LogP contribution in [0.25, 0.3) is 5.69 Å². The van der Waals surface area contributed by atoms with Crippen molar-refractivity contribution in [2.24, 2.45) is 0 Å². The van der Waals surface area contributed by atoms with Gasteiger partial charge in [-0.15, -0.1) is 0 Å². The quantitative estimate of drug-likeness (QED) is 0.756. The van der Waals surface area contributed by atoms with Crippen LogP contribution < -0.4 is 5.32 Å². The molecule has 1 aliphatic rings. The third-order valence-electron chi connectivity index (χ3n) is 4.76. The first-order valence-corrected chi connectivity index (χ1v) is 8.22. The highest BCUT2D eigenvalue weighted by molar-refractivity contribution is 5.39. The number of aliphatic hydroxyl groups is 1. The summed E-state index contributed by atoms with van der Waals surface area (Å²) in [7, 11) is 0. The molecule has 5 heteroatoms. The summed E-state index contributed by atoms with van der Waals surface area (Å²) in [4.78, 5) is 1.63. The average Bonchev–Trinajstić information content (AvgIpc) is 3.26. The van der Waals surface area contributed by atoms with E-state index in [4.69, 9.17) is 0 Å². The van der Waals surface area contributed by atoms with E-state index in [0.717, 1.165) is 24.2 Å². The van der Waals surface area contributed by atoms with Crippen molar-refractivity contribution in [2.75, 3.05) is 6.61 Å². The third kappa shape index (κ3) is 2.62. The monoisotopic (exact) mass is 320 g/mol. The molecule has 1 aromatic heterocycles. The summed E-state index contributed by atoms with van der Waals surface area (Å²) in [6.45, 7) is 0.651. The molecule has 122 valence electrons. The number of rotatable bonds is 5. The van der Waals surface area contributed by atoms with E-state index in [0.29, 0.717) is 6.54 Å². The Bertz CT molecular complexity index is 830. The standard InChI is InChI=1S/C19H20N4O/c24-14-19(11-10-15-6-4-5-9-18(15)19)20-12-16-13-21-23(22-16)17-7-2-1-3-8-17/h1-9,13,20,24H,10-12,14H2/t19-/m1/s1. The van der Waals surface area contributed by atoms with Crippen LogP contribution >= 0.6 is 0 Å². The van der Waals surface area contributed by atoms with Gasteiger partial charge in [0.15, 0.2) is 0 Å². The van der Waals surface area contributed by atoms with Gasteiger partial charge < -0.3 is 5.11 Å². The summed E-state index contributed by atoms with van der Waals surface area (Å²) in [5.74, 6) is 0. The van der Waals surface area contributed by atoms with Gasteiger partial charge in [0.1, 0.15) is 0 Å². The summed E-state index contributed by atoms with van der Waals surface area (Å²) < 4.78 is 0. The van der Waals surface area contributed by atoms with Crippen molar-refractivity contribution in [1.29, 1.82) is 0 Å². The number of para-hydroxylation sites is 1. The summed E-state index contributed by atoms with van der Waals surface area (Å²) in [5.41, 5.74) is 3.92. The minimum absolute atomic E-state index is 0.0802. The number of aryl methyl sites for hydroxylation is 1. The Morgan fingerprint density at radius 1 is 1.08 bits per heavy atom. The number of nitrogens with one attached hydrogen (secondary N) is 1. The lowest BCUT2D eigenvalue weighted by atomic mass is 9.92. The molecule has 0 saturated heterocycles. The molecule has 0 amide bonds. The van der Waals surface area contributed by atoms with Gasteiger partial charge in [0.2, 0.25) is 0 Å². The minimum Gasteiger partial charge on any atom is -0.394 e. The maximum Gasteiger partial charge on any atom is 0.0969 e. The smallest absolute Gasteiger partial charge is 0.0969 e. The average molecular weight is 320 g/mol. The molecule has 4 rings (SSSR count). The number of nitrogens with zero attached hydrogens (tertiary/aromatic N) is 3. The van der Waals surface area contributed by atoms with Gasteiger partial charge in [0.05, 0.1) is 29.7 Å². The van der Waals surface area contributed by atoms with Crippen LogP contribution in [-0.2, 0) is 18.5 Å². The van der Waals surface area contributed by atoms with Crippen molar-refractivity contribution < 1.29 is 5.11 Å². The zero-order valence-electron chi connectivity index (χ0n) is 13.4. The SMILES string of the molecule is OC[C@]1(NCc2cnn(-c3ccccc3)n2)CCc2ccccc21. The van der Waals surface area contributed by atoms with Crippen LogP contribution in [0.1, 0.15) is 23.2 Å². The van der Waals surface area contributed by atoms with Gasteiger partial charge in [-0.2, -0.15) is 15.0 Å². The molecule has 24 heavy (non-hydrogen) atoms. The molecule has 0 spiro atoms. The number of hydrogen-bond donors (Lipinski definition) is 2. The molecule has 3 aromatic rings. The Balaban J connectivity index is 1.52. The van der Waals surface area contributed by atoms with Crippen molar-refractivity contribution in [1.82, 2.24) is 20.3 Å². The van der Waals surface area contributed by atoms with E-state index in [1.807, 2.05) is 36.4 Å². The molecule has 0 radical (unpaired) electrons. The molecule has 0 bridgehead atoms. The third-order valence-corrected chi connectivity index (χ3v) is 4.76. The predicted octanol–water partition coefficient (Wildman–Crippen LogP) is 2.19. The second kappa shape index (κ2) is 6.19. The van der Waals surface area contributed by atoms with Gasteiger partial charge in [0.25, 0.3) is 0 Å². The topological polar surface area (TPSA) is 63.0 Å². The molecule has 0 aliphatic heterocycles. The van der Waals surface area contributed by atoms with Crippen LogP contribution in [0.15, 0.2) is 60.8 Å². The molecule has 0 fully saturated rings. The van der Waals surface area contributed by atoms with Gasteiger partial charge in [-0.3, -0.25) is 5.32 Å². The highest BCUT2D eigenvalue weighted by Crippen LogP contribution is 2.36. The van der Waals surface area contributed by atoms with Gasteiger partial charge in [0, 0.05) is 6.54 Å². The van der Waals surface area contributed by atoms with E-state index in [1.54, 1.807) is 11.0 Å². The van der Waals surface area contributed by atoms with E-state index >= 15 is 0 Å². The summed E-state index contributed by atoms with van der Waals surface area (Å²) in [6.07, 6.45) is 3.65. The summed E-state index contributed by atoms with van der Waals surface area (Å²) in [5, 5.41) is 22.4. The van der Waals surface area contributed by atoms with Crippen LogP contribution in [0.3, 0.4) is 0 Å². The second-order valence-corrected chi connectivity index (χ2v) is 6.21. The Labute approximate surface area is 141 Å². The Morgan fingerprint density at radius 3 is 2.71 bits per heavy atom. The molecule has 0 unspecified atom stereocenters. The number of aliphatic hydroxyl groups excluding tert-OH is 1. The van der Waals surface area contributed by atoms with E-state index in [2.05, 4.69) is 33.7 Å². The molecular formula is C19H20N4O. The summed E-state index contributed by atoms with van der Waals surface area (Å²) >= 11 is 0. The lowest BCUT2D eigenvalue weighted by Crippen LogP contribution is -2.43. The van der Waals surface area contributed by atoms with Crippen molar-refractivity contribution in [2.45, 2.75) is 24.9 Å². The molecule has 2 aromatic carbocycles. The predicted molar refractivity (Wildman–Crippen MR) is 91.7 cm³/mol.